The number of carbonyl (C=O) groups excluding carboxylic acids is 1. The summed E-state index contributed by atoms with van der Waals surface area (Å²) in [6.45, 7) is 0. The van der Waals surface area contributed by atoms with Crippen molar-refractivity contribution >= 4 is 34.6 Å². The third-order valence-corrected chi connectivity index (χ3v) is 2.75. The number of carbonyl (C=O) groups is 1. The van der Waals surface area contributed by atoms with Gasteiger partial charge in [-0.15, -0.1) is 0 Å². The molecular formula is C13H12ClN3O2. The number of nitrogens with zero attached hydrogens (tertiary/aromatic N) is 1. The number of methoxy groups -OCH3 is 1. The van der Waals surface area contributed by atoms with Crippen LogP contribution in [-0.2, 0) is 4.74 Å². The van der Waals surface area contributed by atoms with Crippen LogP contribution in [0.3, 0.4) is 0 Å². The molecule has 0 aliphatic carbocycles. The molecule has 0 saturated heterocycles. The number of rotatable bonds is 3. The SMILES string of the molecule is COC(=O)c1cc(N)cc(Cl)c1Nc1cccnc1. The number of nitrogens with two attached hydrogens (primary N) is 1. The molecule has 2 aromatic rings. The maximum absolute atomic E-state index is 11.7. The van der Waals surface area contributed by atoms with Crippen LogP contribution in [0.5, 0.6) is 0 Å². The van der Waals surface area contributed by atoms with Gasteiger partial charge >= 0.3 is 5.97 Å². The molecule has 0 aliphatic heterocycles. The third kappa shape index (κ3) is 2.95. The number of hydrogen-bond acceptors (Lipinski definition) is 5. The topological polar surface area (TPSA) is 77.2 Å². The molecule has 1 heterocycles. The molecule has 1 aromatic carbocycles. The van der Waals surface area contributed by atoms with Gasteiger partial charge in [0.25, 0.3) is 0 Å². The standard InChI is InChI=1S/C13H12ClN3O2/c1-19-13(18)10-5-8(15)6-11(14)12(10)17-9-3-2-4-16-7-9/h2-7,17H,15H2,1H3. The van der Waals surface area contributed by atoms with Crippen molar-refractivity contribution in [1.29, 1.82) is 0 Å². The first-order valence-electron chi connectivity index (χ1n) is 5.46. The average Bonchev–Trinajstić information content (AvgIpc) is 2.42. The van der Waals surface area contributed by atoms with E-state index in [0.717, 1.165) is 0 Å². The van der Waals surface area contributed by atoms with Crippen LogP contribution < -0.4 is 11.1 Å². The van der Waals surface area contributed by atoms with Gasteiger partial charge in [-0.05, 0) is 24.3 Å². The minimum atomic E-state index is -0.513. The van der Waals surface area contributed by atoms with E-state index >= 15 is 0 Å². The van der Waals surface area contributed by atoms with Gasteiger partial charge in [0.1, 0.15) is 0 Å². The summed E-state index contributed by atoms with van der Waals surface area (Å²) in [6.07, 6.45) is 3.27. The molecule has 6 heteroatoms. The molecular weight excluding hydrogens is 266 g/mol. The van der Waals surface area contributed by atoms with Gasteiger partial charge in [-0.1, -0.05) is 11.6 Å². The van der Waals surface area contributed by atoms with E-state index in [1.54, 1.807) is 30.6 Å². The molecule has 0 radical (unpaired) electrons. The van der Waals surface area contributed by atoms with E-state index in [4.69, 9.17) is 22.1 Å². The molecule has 0 aliphatic rings. The van der Waals surface area contributed by atoms with Crippen LogP contribution in [0.25, 0.3) is 0 Å². The van der Waals surface area contributed by atoms with Gasteiger partial charge in [-0.3, -0.25) is 4.98 Å². The summed E-state index contributed by atoms with van der Waals surface area (Å²) in [6, 6.07) is 6.65. The average molecular weight is 278 g/mol. The number of pyridine rings is 1. The maximum atomic E-state index is 11.7. The predicted molar refractivity (Wildman–Crippen MR) is 74.7 cm³/mol. The first-order valence-corrected chi connectivity index (χ1v) is 5.84. The summed E-state index contributed by atoms with van der Waals surface area (Å²) in [7, 11) is 1.30. The summed E-state index contributed by atoms with van der Waals surface area (Å²) in [5, 5.41) is 3.37. The summed E-state index contributed by atoms with van der Waals surface area (Å²) < 4.78 is 4.72. The van der Waals surface area contributed by atoms with E-state index in [9.17, 15) is 4.79 Å². The van der Waals surface area contributed by atoms with Gasteiger partial charge in [-0.2, -0.15) is 0 Å². The highest BCUT2D eigenvalue weighted by molar-refractivity contribution is 6.34. The number of esters is 1. The number of halogens is 1. The molecule has 0 saturated carbocycles. The lowest BCUT2D eigenvalue weighted by Gasteiger charge is -2.13. The lowest BCUT2D eigenvalue weighted by atomic mass is 10.1. The van der Waals surface area contributed by atoms with Gasteiger partial charge in [0.15, 0.2) is 0 Å². The fraction of sp³-hybridized carbons (Fsp3) is 0.0769. The van der Waals surface area contributed by atoms with Crippen LogP contribution in [0.2, 0.25) is 5.02 Å². The Morgan fingerprint density at radius 2 is 2.26 bits per heavy atom. The second-order valence-electron chi connectivity index (χ2n) is 3.78. The van der Waals surface area contributed by atoms with Crippen molar-refractivity contribution in [1.82, 2.24) is 4.98 Å². The van der Waals surface area contributed by atoms with Crippen molar-refractivity contribution in [2.24, 2.45) is 0 Å². The van der Waals surface area contributed by atoms with Crippen LogP contribution in [-0.4, -0.2) is 18.1 Å². The Morgan fingerprint density at radius 1 is 1.47 bits per heavy atom. The zero-order valence-electron chi connectivity index (χ0n) is 10.2. The van der Waals surface area contributed by atoms with Gasteiger partial charge in [-0.25, -0.2) is 4.79 Å². The number of nitrogen functional groups attached to an aromatic ring is 1. The van der Waals surface area contributed by atoms with Crippen molar-refractivity contribution in [3.8, 4) is 0 Å². The van der Waals surface area contributed by atoms with E-state index in [1.165, 1.54) is 13.2 Å². The van der Waals surface area contributed by atoms with Crippen LogP contribution in [0.4, 0.5) is 17.1 Å². The van der Waals surface area contributed by atoms with Crippen molar-refractivity contribution in [3.63, 3.8) is 0 Å². The van der Waals surface area contributed by atoms with Crippen molar-refractivity contribution in [2.45, 2.75) is 0 Å². The lowest BCUT2D eigenvalue weighted by molar-refractivity contribution is 0.0602. The molecule has 98 valence electrons. The first kappa shape index (κ1) is 13.2. The Bertz CT molecular complexity index is 602. The zero-order valence-corrected chi connectivity index (χ0v) is 10.9. The highest BCUT2D eigenvalue weighted by Gasteiger charge is 2.16. The number of ether oxygens (including phenoxy) is 1. The molecule has 1 aromatic heterocycles. The molecule has 0 bridgehead atoms. The lowest BCUT2D eigenvalue weighted by Crippen LogP contribution is -2.07. The second-order valence-corrected chi connectivity index (χ2v) is 4.19. The molecule has 0 unspecified atom stereocenters. The highest BCUT2D eigenvalue weighted by Crippen LogP contribution is 2.32. The Balaban J connectivity index is 2.46. The molecule has 19 heavy (non-hydrogen) atoms. The molecule has 0 spiro atoms. The predicted octanol–water partition coefficient (Wildman–Crippen LogP) is 2.85. The Labute approximate surface area is 115 Å². The van der Waals surface area contributed by atoms with E-state index in [0.29, 0.717) is 22.1 Å². The third-order valence-electron chi connectivity index (χ3n) is 2.45. The molecule has 0 fully saturated rings. The Kier molecular flexibility index (Phi) is 3.87. The van der Waals surface area contributed by atoms with E-state index in [1.807, 2.05) is 0 Å². The van der Waals surface area contributed by atoms with Crippen molar-refractivity contribution in [3.05, 3.63) is 47.2 Å². The van der Waals surface area contributed by atoms with Crippen LogP contribution >= 0.6 is 11.6 Å². The van der Waals surface area contributed by atoms with E-state index in [2.05, 4.69) is 10.3 Å². The van der Waals surface area contributed by atoms with Crippen LogP contribution in [0, 0.1) is 0 Å². The summed E-state index contributed by atoms with van der Waals surface area (Å²) >= 11 is 6.11. The van der Waals surface area contributed by atoms with Crippen molar-refractivity contribution < 1.29 is 9.53 Å². The van der Waals surface area contributed by atoms with Gasteiger partial charge < -0.3 is 15.8 Å². The molecule has 0 amide bonds. The fourth-order valence-electron chi connectivity index (χ4n) is 1.61. The number of benzene rings is 1. The molecule has 3 N–H and O–H groups in total. The number of anilines is 3. The normalized spacial score (nSPS) is 10.0. The van der Waals surface area contributed by atoms with Crippen molar-refractivity contribution in [2.75, 3.05) is 18.2 Å². The quantitative estimate of drug-likeness (QED) is 0.666. The van der Waals surface area contributed by atoms with Gasteiger partial charge in [0.05, 0.1) is 35.3 Å². The second kappa shape index (κ2) is 5.58. The first-order chi connectivity index (χ1) is 9.11. The fourth-order valence-corrected chi connectivity index (χ4v) is 1.88. The number of nitrogens with one attached hydrogen (secondary N) is 1. The highest BCUT2D eigenvalue weighted by atomic mass is 35.5. The van der Waals surface area contributed by atoms with Gasteiger partial charge in [0.2, 0.25) is 0 Å². The largest absolute Gasteiger partial charge is 0.465 e. The maximum Gasteiger partial charge on any atom is 0.340 e. The minimum Gasteiger partial charge on any atom is -0.465 e. The summed E-state index contributed by atoms with van der Waals surface area (Å²) in [4.78, 5) is 15.7. The molecule has 5 nitrogen and oxygen atoms in total. The smallest absolute Gasteiger partial charge is 0.340 e. The number of hydrogen-bond donors (Lipinski definition) is 2. The van der Waals surface area contributed by atoms with Gasteiger partial charge in [0, 0.05) is 11.9 Å². The number of aromatic nitrogens is 1. The Morgan fingerprint density at radius 3 is 2.89 bits per heavy atom. The van der Waals surface area contributed by atoms with Crippen LogP contribution in [0.1, 0.15) is 10.4 Å². The minimum absolute atomic E-state index is 0.274. The monoisotopic (exact) mass is 277 g/mol. The van der Waals surface area contributed by atoms with Crippen LogP contribution in [0.15, 0.2) is 36.7 Å². The Hall–Kier alpha value is -2.27. The van der Waals surface area contributed by atoms with E-state index in [-0.39, 0.29) is 5.56 Å². The molecule has 0 atom stereocenters. The van der Waals surface area contributed by atoms with E-state index < -0.39 is 5.97 Å². The zero-order chi connectivity index (χ0) is 13.8. The summed E-state index contributed by atoms with van der Waals surface area (Å²) in [5.41, 5.74) is 7.50. The molecule has 2 rings (SSSR count). The summed E-state index contributed by atoms with van der Waals surface area (Å²) in [5.74, 6) is -0.513.